The van der Waals surface area contributed by atoms with Crippen molar-refractivity contribution in [1.82, 2.24) is 10.6 Å². The third kappa shape index (κ3) is 2.73. The van der Waals surface area contributed by atoms with Gasteiger partial charge in [-0.1, -0.05) is 12.8 Å². The van der Waals surface area contributed by atoms with E-state index in [-0.39, 0.29) is 11.9 Å². The molecule has 1 spiro atoms. The smallest absolute Gasteiger partial charge is 0.237 e. The highest BCUT2D eigenvalue weighted by Gasteiger charge is 2.51. The largest absolute Gasteiger partial charge is 0.378 e. The van der Waals surface area contributed by atoms with Gasteiger partial charge in [-0.05, 0) is 44.9 Å². The first-order valence-electron chi connectivity index (χ1n) is 8.36. The van der Waals surface area contributed by atoms with Gasteiger partial charge in [-0.2, -0.15) is 0 Å². The second-order valence-corrected chi connectivity index (χ2v) is 6.88. The van der Waals surface area contributed by atoms with Crippen molar-refractivity contribution in [3.8, 4) is 0 Å². The average Bonchev–Trinajstić information content (AvgIpc) is 2.86. The summed E-state index contributed by atoms with van der Waals surface area (Å²) in [4.78, 5) is 12.2. The number of nitrogens with one attached hydrogen (secondary N) is 2. The van der Waals surface area contributed by atoms with Crippen LogP contribution in [0.5, 0.6) is 0 Å². The van der Waals surface area contributed by atoms with Crippen molar-refractivity contribution in [3.05, 3.63) is 0 Å². The van der Waals surface area contributed by atoms with Crippen LogP contribution in [-0.4, -0.2) is 37.7 Å². The molecule has 3 rings (SSSR count). The van der Waals surface area contributed by atoms with Crippen molar-refractivity contribution in [2.24, 2.45) is 11.3 Å². The average molecular weight is 280 g/mol. The summed E-state index contributed by atoms with van der Waals surface area (Å²) in [6.45, 7) is 4.75. The maximum atomic E-state index is 12.2. The number of ether oxygens (including phenoxy) is 1. The minimum Gasteiger partial charge on any atom is -0.378 e. The van der Waals surface area contributed by atoms with Gasteiger partial charge in [0.25, 0.3) is 0 Å². The zero-order valence-electron chi connectivity index (χ0n) is 12.6. The van der Waals surface area contributed by atoms with Crippen LogP contribution in [0, 0.1) is 11.3 Å². The topological polar surface area (TPSA) is 50.4 Å². The standard InChI is InChI=1S/C16H28N2O2/c1-2-20-13-9-12(10-13)5-8-17-15(19)14-16(11-18-14)6-3-4-7-16/h12-14,18H,2-11H2,1H3,(H,17,19). The molecule has 114 valence electrons. The van der Waals surface area contributed by atoms with Crippen molar-refractivity contribution in [3.63, 3.8) is 0 Å². The quantitative estimate of drug-likeness (QED) is 0.780. The van der Waals surface area contributed by atoms with E-state index >= 15 is 0 Å². The zero-order valence-corrected chi connectivity index (χ0v) is 12.6. The van der Waals surface area contributed by atoms with Crippen LogP contribution >= 0.6 is 0 Å². The molecule has 0 aromatic rings. The van der Waals surface area contributed by atoms with E-state index in [9.17, 15) is 4.79 Å². The van der Waals surface area contributed by atoms with E-state index < -0.39 is 0 Å². The van der Waals surface area contributed by atoms with Crippen LogP contribution in [0.25, 0.3) is 0 Å². The SMILES string of the molecule is CCOC1CC(CCNC(=O)C2NCC23CCCC3)C1. The summed E-state index contributed by atoms with van der Waals surface area (Å²) < 4.78 is 5.57. The molecule has 1 aliphatic heterocycles. The molecule has 2 aliphatic carbocycles. The van der Waals surface area contributed by atoms with E-state index in [0.29, 0.717) is 11.5 Å². The fourth-order valence-electron chi connectivity index (χ4n) is 4.19. The van der Waals surface area contributed by atoms with Crippen molar-refractivity contribution in [2.75, 3.05) is 19.7 Å². The summed E-state index contributed by atoms with van der Waals surface area (Å²) in [5.41, 5.74) is 0.306. The molecule has 2 N–H and O–H groups in total. The Morgan fingerprint density at radius 3 is 2.70 bits per heavy atom. The molecule has 4 nitrogen and oxygen atoms in total. The third-order valence-corrected chi connectivity index (χ3v) is 5.58. The van der Waals surface area contributed by atoms with Crippen molar-refractivity contribution in [2.45, 2.75) is 64.0 Å². The molecule has 0 aromatic carbocycles. The first-order valence-corrected chi connectivity index (χ1v) is 8.36. The van der Waals surface area contributed by atoms with Crippen LogP contribution in [0.1, 0.15) is 51.9 Å². The third-order valence-electron chi connectivity index (χ3n) is 5.58. The number of hydrogen-bond acceptors (Lipinski definition) is 3. The highest BCUT2D eigenvalue weighted by molar-refractivity contribution is 5.84. The molecule has 1 heterocycles. The summed E-state index contributed by atoms with van der Waals surface area (Å²) in [5, 5.41) is 6.48. The van der Waals surface area contributed by atoms with Crippen LogP contribution in [0.2, 0.25) is 0 Å². The molecule has 4 heteroatoms. The number of hydrogen-bond donors (Lipinski definition) is 2. The Morgan fingerprint density at radius 1 is 1.35 bits per heavy atom. The molecule has 1 atom stereocenters. The van der Waals surface area contributed by atoms with Gasteiger partial charge < -0.3 is 15.4 Å². The minimum absolute atomic E-state index is 0.0857. The molecule has 2 saturated carbocycles. The molecule has 1 saturated heterocycles. The Morgan fingerprint density at radius 2 is 2.10 bits per heavy atom. The first-order chi connectivity index (χ1) is 9.73. The molecule has 1 unspecified atom stereocenters. The van der Waals surface area contributed by atoms with E-state index in [2.05, 4.69) is 17.6 Å². The van der Waals surface area contributed by atoms with Gasteiger partial charge in [0.05, 0.1) is 12.1 Å². The fraction of sp³-hybridized carbons (Fsp3) is 0.938. The van der Waals surface area contributed by atoms with Gasteiger partial charge in [0.1, 0.15) is 0 Å². The van der Waals surface area contributed by atoms with E-state index in [0.717, 1.165) is 32.0 Å². The predicted molar refractivity (Wildman–Crippen MR) is 78.5 cm³/mol. The van der Waals surface area contributed by atoms with Crippen LogP contribution in [0.15, 0.2) is 0 Å². The normalized spacial score (nSPS) is 34.5. The summed E-state index contributed by atoms with van der Waals surface area (Å²) in [6, 6.07) is 0.0857. The maximum Gasteiger partial charge on any atom is 0.237 e. The first kappa shape index (κ1) is 14.3. The van der Waals surface area contributed by atoms with Gasteiger partial charge in [-0.15, -0.1) is 0 Å². The summed E-state index contributed by atoms with van der Waals surface area (Å²) in [6.07, 6.45) is 9.00. The van der Waals surface area contributed by atoms with Crippen LogP contribution in [0.3, 0.4) is 0 Å². The highest BCUT2D eigenvalue weighted by Crippen LogP contribution is 2.45. The molecule has 3 aliphatic rings. The zero-order chi connectivity index (χ0) is 14.0. The Labute approximate surface area is 122 Å². The Kier molecular flexibility index (Phi) is 4.32. The summed E-state index contributed by atoms with van der Waals surface area (Å²) in [5.74, 6) is 0.987. The van der Waals surface area contributed by atoms with E-state index in [1.54, 1.807) is 0 Å². The van der Waals surface area contributed by atoms with Gasteiger partial charge in [-0.25, -0.2) is 0 Å². The Bertz CT molecular complexity index is 346. The number of carbonyl (C=O) groups excluding carboxylic acids is 1. The second kappa shape index (κ2) is 6.02. The molecule has 3 fully saturated rings. The van der Waals surface area contributed by atoms with Gasteiger partial charge in [0.15, 0.2) is 0 Å². The van der Waals surface area contributed by atoms with Crippen LogP contribution in [0.4, 0.5) is 0 Å². The molecule has 0 bridgehead atoms. The number of amides is 1. The maximum absolute atomic E-state index is 12.2. The van der Waals surface area contributed by atoms with E-state index in [4.69, 9.17) is 4.74 Å². The summed E-state index contributed by atoms with van der Waals surface area (Å²) in [7, 11) is 0. The number of carbonyl (C=O) groups is 1. The van der Waals surface area contributed by atoms with Crippen molar-refractivity contribution in [1.29, 1.82) is 0 Å². The van der Waals surface area contributed by atoms with Crippen LogP contribution in [-0.2, 0) is 9.53 Å². The minimum atomic E-state index is 0.0857. The molecule has 20 heavy (non-hydrogen) atoms. The monoisotopic (exact) mass is 280 g/mol. The molecule has 1 amide bonds. The van der Waals surface area contributed by atoms with Gasteiger partial charge >= 0.3 is 0 Å². The molecular weight excluding hydrogens is 252 g/mol. The van der Waals surface area contributed by atoms with Gasteiger partial charge in [0.2, 0.25) is 5.91 Å². The van der Waals surface area contributed by atoms with Gasteiger partial charge in [-0.3, -0.25) is 4.79 Å². The van der Waals surface area contributed by atoms with E-state index in [1.165, 1.54) is 38.5 Å². The highest BCUT2D eigenvalue weighted by atomic mass is 16.5. The van der Waals surface area contributed by atoms with Crippen molar-refractivity contribution >= 4 is 5.91 Å². The van der Waals surface area contributed by atoms with Crippen molar-refractivity contribution < 1.29 is 9.53 Å². The fourth-order valence-corrected chi connectivity index (χ4v) is 4.19. The molecule has 0 radical (unpaired) electrons. The lowest BCUT2D eigenvalue weighted by molar-refractivity contribution is -0.130. The molecular formula is C16H28N2O2. The second-order valence-electron chi connectivity index (χ2n) is 6.88. The van der Waals surface area contributed by atoms with Crippen LogP contribution < -0.4 is 10.6 Å². The van der Waals surface area contributed by atoms with Gasteiger partial charge in [0, 0.05) is 25.1 Å². The lowest BCUT2D eigenvalue weighted by Crippen LogP contribution is -2.67. The van der Waals surface area contributed by atoms with E-state index in [1.807, 2.05) is 0 Å². The molecule has 0 aromatic heterocycles. The summed E-state index contributed by atoms with van der Waals surface area (Å²) >= 11 is 0. The Hall–Kier alpha value is -0.610. The predicted octanol–water partition coefficient (Wildman–Crippen LogP) is 1.84. The lowest BCUT2D eigenvalue weighted by Gasteiger charge is -2.47. The number of rotatable bonds is 6. The Balaban J connectivity index is 1.32. The lowest BCUT2D eigenvalue weighted by atomic mass is 9.71.